The quantitative estimate of drug-likeness (QED) is 0.0379. The second-order valence-corrected chi connectivity index (χ2v) is 14.9. The summed E-state index contributed by atoms with van der Waals surface area (Å²) in [7, 11) is 0. The number of aliphatic hydroxyl groups excluding tert-OH is 3. The predicted molar refractivity (Wildman–Crippen MR) is 218 cm³/mol. The summed E-state index contributed by atoms with van der Waals surface area (Å²) >= 11 is 0. The number of carbonyl (C=O) groups is 1. The van der Waals surface area contributed by atoms with Crippen molar-refractivity contribution in [3.8, 4) is 0 Å². The Morgan fingerprint density at radius 1 is 0.480 bits per heavy atom. The first-order valence-corrected chi connectivity index (χ1v) is 21.8. The molecule has 0 aromatic carbocycles. The molecule has 1 amide bonds. The van der Waals surface area contributed by atoms with E-state index in [0.717, 1.165) is 44.9 Å². The first-order chi connectivity index (χ1) is 24.6. The lowest BCUT2D eigenvalue weighted by Gasteiger charge is -2.21. The molecule has 50 heavy (non-hydrogen) atoms. The summed E-state index contributed by atoms with van der Waals surface area (Å²) in [5.41, 5.74) is 0. The molecule has 0 aromatic rings. The maximum absolute atomic E-state index is 12.4. The SMILES string of the molecule is CCCCCCCCCCCCCCCCC/C=C/CC/C=C/CC/C=C/C(O)C(CO)NC(=O)C(O)CCCCCCCCCCCCC. The molecule has 0 radical (unpaired) electrons. The fourth-order valence-electron chi connectivity index (χ4n) is 6.51. The fourth-order valence-corrected chi connectivity index (χ4v) is 6.51. The van der Waals surface area contributed by atoms with Crippen LogP contribution in [0.1, 0.15) is 219 Å². The van der Waals surface area contributed by atoms with Crippen molar-refractivity contribution in [1.29, 1.82) is 0 Å². The lowest BCUT2D eigenvalue weighted by molar-refractivity contribution is -0.131. The van der Waals surface area contributed by atoms with Crippen LogP contribution in [0.4, 0.5) is 0 Å². The standard InChI is InChI=1S/C45H85NO4/c1-3-5-7-9-11-13-15-16-17-18-19-20-21-22-23-24-25-26-27-28-30-31-33-35-37-39-43(48)42(41-47)46-45(50)44(49)40-38-36-34-32-29-14-12-10-8-6-4-2/h25-26,30-31,37,39,42-44,47-49H,3-24,27-29,32-36,38,40-41H2,1-2H3,(H,46,50)/b26-25+,31-30+,39-37+. The highest BCUT2D eigenvalue weighted by Gasteiger charge is 2.22. The molecule has 294 valence electrons. The number of nitrogens with one attached hydrogen (secondary N) is 1. The van der Waals surface area contributed by atoms with Gasteiger partial charge in [0, 0.05) is 0 Å². The molecule has 4 N–H and O–H groups in total. The highest BCUT2D eigenvalue weighted by atomic mass is 16.3. The predicted octanol–water partition coefficient (Wildman–Crippen LogP) is 12.4. The Labute approximate surface area is 311 Å². The van der Waals surface area contributed by atoms with E-state index in [1.54, 1.807) is 6.08 Å². The second-order valence-electron chi connectivity index (χ2n) is 14.9. The zero-order chi connectivity index (χ0) is 36.6. The zero-order valence-corrected chi connectivity index (χ0v) is 33.3. The molecular formula is C45H85NO4. The summed E-state index contributed by atoms with van der Waals surface area (Å²) < 4.78 is 0. The lowest BCUT2D eigenvalue weighted by Crippen LogP contribution is -2.48. The highest BCUT2D eigenvalue weighted by Crippen LogP contribution is 2.15. The van der Waals surface area contributed by atoms with Gasteiger partial charge in [-0.1, -0.05) is 211 Å². The highest BCUT2D eigenvalue weighted by molar-refractivity contribution is 5.80. The van der Waals surface area contributed by atoms with Gasteiger partial charge in [-0.3, -0.25) is 4.79 Å². The molecule has 5 nitrogen and oxygen atoms in total. The van der Waals surface area contributed by atoms with Crippen LogP contribution in [-0.2, 0) is 4.79 Å². The van der Waals surface area contributed by atoms with E-state index >= 15 is 0 Å². The van der Waals surface area contributed by atoms with Gasteiger partial charge in [-0.25, -0.2) is 0 Å². The van der Waals surface area contributed by atoms with Crippen LogP contribution >= 0.6 is 0 Å². The molecule has 0 aliphatic heterocycles. The summed E-state index contributed by atoms with van der Waals surface area (Å²) in [4.78, 5) is 12.4. The van der Waals surface area contributed by atoms with Crippen LogP contribution in [0.5, 0.6) is 0 Å². The van der Waals surface area contributed by atoms with Crippen molar-refractivity contribution in [1.82, 2.24) is 5.32 Å². The van der Waals surface area contributed by atoms with Gasteiger partial charge in [0.2, 0.25) is 5.91 Å². The van der Waals surface area contributed by atoms with Gasteiger partial charge in [0.1, 0.15) is 6.10 Å². The number of carbonyl (C=O) groups excluding carboxylic acids is 1. The summed E-state index contributed by atoms with van der Waals surface area (Å²) in [6.45, 7) is 4.15. The number of unbranched alkanes of at least 4 members (excludes halogenated alkanes) is 27. The van der Waals surface area contributed by atoms with Crippen molar-refractivity contribution in [2.75, 3.05) is 6.61 Å². The van der Waals surface area contributed by atoms with E-state index in [0.29, 0.717) is 6.42 Å². The molecule has 5 heteroatoms. The van der Waals surface area contributed by atoms with Crippen molar-refractivity contribution < 1.29 is 20.1 Å². The maximum Gasteiger partial charge on any atom is 0.249 e. The number of hydrogen-bond donors (Lipinski definition) is 4. The Kier molecular flexibility index (Phi) is 39.2. The fraction of sp³-hybridized carbons (Fsp3) is 0.844. The number of aliphatic hydroxyl groups is 3. The molecule has 0 aliphatic rings. The minimum atomic E-state index is -1.10. The van der Waals surface area contributed by atoms with Crippen LogP contribution in [0.25, 0.3) is 0 Å². The molecule has 0 bridgehead atoms. The van der Waals surface area contributed by atoms with Gasteiger partial charge in [-0.2, -0.15) is 0 Å². The molecule has 0 saturated heterocycles. The van der Waals surface area contributed by atoms with Gasteiger partial charge in [-0.15, -0.1) is 0 Å². The molecule has 0 aromatic heterocycles. The average molecular weight is 704 g/mol. The van der Waals surface area contributed by atoms with E-state index in [1.165, 1.54) is 154 Å². The van der Waals surface area contributed by atoms with Gasteiger partial charge in [0.05, 0.1) is 18.8 Å². The van der Waals surface area contributed by atoms with Gasteiger partial charge in [0.15, 0.2) is 0 Å². The van der Waals surface area contributed by atoms with Crippen molar-refractivity contribution in [2.24, 2.45) is 0 Å². The maximum atomic E-state index is 12.4. The van der Waals surface area contributed by atoms with E-state index in [2.05, 4.69) is 43.5 Å². The lowest BCUT2D eigenvalue weighted by atomic mass is 10.0. The summed E-state index contributed by atoms with van der Waals surface area (Å²) in [6.07, 6.45) is 50.5. The van der Waals surface area contributed by atoms with E-state index < -0.39 is 24.2 Å². The van der Waals surface area contributed by atoms with E-state index in [4.69, 9.17) is 0 Å². The second kappa shape index (κ2) is 40.3. The normalized spacial score (nSPS) is 13.9. The van der Waals surface area contributed by atoms with Gasteiger partial charge >= 0.3 is 0 Å². The Morgan fingerprint density at radius 2 is 0.820 bits per heavy atom. The molecular weight excluding hydrogens is 618 g/mol. The molecule has 3 unspecified atom stereocenters. The molecule has 0 spiro atoms. The van der Waals surface area contributed by atoms with Gasteiger partial charge < -0.3 is 20.6 Å². The van der Waals surface area contributed by atoms with Crippen LogP contribution in [0.2, 0.25) is 0 Å². The molecule has 0 aliphatic carbocycles. The first-order valence-electron chi connectivity index (χ1n) is 21.8. The summed E-state index contributed by atoms with van der Waals surface area (Å²) in [5.74, 6) is -0.518. The van der Waals surface area contributed by atoms with E-state index in [1.807, 2.05) is 6.08 Å². The van der Waals surface area contributed by atoms with Crippen molar-refractivity contribution in [2.45, 2.75) is 238 Å². The number of hydrogen-bond acceptors (Lipinski definition) is 4. The van der Waals surface area contributed by atoms with Crippen LogP contribution in [0.3, 0.4) is 0 Å². The van der Waals surface area contributed by atoms with Gasteiger partial charge in [-0.05, 0) is 44.9 Å². The largest absolute Gasteiger partial charge is 0.394 e. The van der Waals surface area contributed by atoms with E-state index in [9.17, 15) is 20.1 Å². The molecule has 0 saturated carbocycles. The smallest absolute Gasteiger partial charge is 0.249 e. The van der Waals surface area contributed by atoms with Crippen LogP contribution < -0.4 is 5.32 Å². The minimum Gasteiger partial charge on any atom is -0.394 e. The number of rotatable bonds is 39. The van der Waals surface area contributed by atoms with Crippen molar-refractivity contribution in [3.05, 3.63) is 36.5 Å². The molecule has 0 heterocycles. The van der Waals surface area contributed by atoms with Crippen LogP contribution in [0.15, 0.2) is 36.5 Å². The molecule has 0 fully saturated rings. The minimum absolute atomic E-state index is 0.380. The van der Waals surface area contributed by atoms with Crippen LogP contribution in [-0.4, -0.2) is 46.1 Å². The van der Waals surface area contributed by atoms with Crippen LogP contribution in [0, 0.1) is 0 Å². The summed E-state index contributed by atoms with van der Waals surface area (Å²) in [6, 6.07) is -0.817. The van der Waals surface area contributed by atoms with Crippen molar-refractivity contribution >= 4 is 5.91 Å². The zero-order valence-electron chi connectivity index (χ0n) is 33.3. The third-order valence-electron chi connectivity index (χ3n) is 9.96. The Balaban J connectivity index is 3.70. The Morgan fingerprint density at radius 3 is 1.22 bits per heavy atom. The Bertz CT molecular complexity index is 779. The topological polar surface area (TPSA) is 89.8 Å². The summed E-state index contributed by atoms with van der Waals surface area (Å²) in [5, 5.41) is 33.0. The third-order valence-corrected chi connectivity index (χ3v) is 9.96. The average Bonchev–Trinajstić information content (AvgIpc) is 3.12. The van der Waals surface area contributed by atoms with Gasteiger partial charge in [0.25, 0.3) is 0 Å². The molecule has 3 atom stereocenters. The van der Waals surface area contributed by atoms with E-state index in [-0.39, 0.29) is 6.61 Å². The monoisotopic (exact) mass is 704 g/mol. The number of allylic oxidation sites excluding steroid dienone is 5. The Hall–Kier alpha value is -1.43. The third kappa shape index (κ3) is 35.0. The number of amides is 1. The first kappa shape index (κ1) is 48.6. The molecule has 0 rings (SSSR count). The van der Waals surface area contributed by atoms with Crippen molar-refractivity contribution in [3.63, 3.8) is 0 Å².